The number of halogens is 1. The molecule has 0 aromatic rings. The normalized spacial score (nSPS) is 15.6. The molecule has 0 saturated heterocycles. The van der Waals surface area contributed by atoms with Gasteiger partial charge in [0.15, 0.2) is 0 Å². The molecule has 0 aliphatic heterocycles. The average molecular weight is 240 g/mol. The smallest absolute Gasteiger partial charge is 0.0802 e. The molecule has 0 heterocycles. The molecule has 0 rings (SSSR count). The fraction of sp³-hybridized carbons (Fsp3) is 1.00. The Kier molecular flexibility index (Phi) is 9.44. The van der Waals surface area contributed by atoms with Gasteiger partial charge in [0.25, 0.3) is 0 Å². The van der Waals surface area contributed by atoms with Crippen molar-refractivity contribution in [3.05, 3.63) is 0 Å². The maximum atomic E-state index is 9.49. The molecule has 1 N–H and O–H groups in total. The molecule has 2 atom stereocenters. The lowest BCUT2D eigenvalue weighted by Gasteiger charge is -2.29. The molecule has 92 valence electrons. The summed E-state index contributed by atoms with van der Waals surface area (Å²) in [6, 6.07) is 0.253. The second kappa shape index (κ2) is 9.36. The van der Waals surface area contributed by atoms with Crippen LogP contribution in [0.5, 0.6) is 0 Å². The second-order valence-corrected chi connectivity index (χ2v) is 3.91. The van der Waals surface area contributed by atoms with Crippen LogP contribution in [0.4, 0.5) is 0 Å². The number of aliphatic hydroxyl groups excluding tert-OH is 1. The highest BCUT2D eigenvalue weighted by molar-refractivity contribution is 6.18. The summed E-state index contributed by atoms with van der Waals surface area (Å²) in [6.45, 7) is 4.66. The van der Waals surface area contributed by atoms with Gasteiger partial charge in [-0.15, -0.1) is 11.6 Å². The lowest BCUT2D eigenvalue weighted by molar-refractivity contribution is 0.0450. The molecule has 0 aromatic carbocycles. The highest BCUT2D eigenvalue weighted by atomic mass is 35.5. The third kappa shape index (κ3) is 7.09. The molecule has 0 radical (unpaired) electrons. The summed E-state index contributed by atoms with van der Waals surface area (Å²) in [6.07, 6.45) is -0.497. The summed E-state index contributed by atoms with van der Waals surface area (Å²) < 4.78 is 10.1. The van der Waals surface area contributed by atoms with Gasteiger partial charge in [0, 0.05) is 39.2 Å². The van der Waals surface area contributed by atoms with Crippen LogP contribution < -0.4 is 0 Å². The quantitative estimate of drug-likeness (QED) is 0.598. The molecule has 0 aliphatic carbocycles. The SMILES string of the molecule is COCCN(CC(O)CCl)C(C)COC. The van der Waals surface area contributed by atoms with Gasteiger partial charge in [0.1, 0.15) is 0 Å². The Bertz CT molecular complexity index is 149. The van der Waals surface area contributed by atoms with Gasteiger partial charge in [-0.3, -0.25) is 4.90 Å². The van der Waals surface area contributed by atoms with Crippen molar-refractivity contribution in [2.24, 2.45) is 0 Å². The zero-order valence-corrected chi connectivity index (χ0v) is 10.5. The van der Waals surface area contributed by atoms with E-state index in [4.69, 9.17) is 21.1 Å². The number of nitrogens with zero attached hydrogens (tertiary/aromatic N) is 1. The highest BCUT2D eigenvalue weighted by Gasteiger charge is 2.16. The topological polar surface area (TPSA) is 41.9 Å². The first-order chi connectivity index (χ1) is 7.15. The summed E-state index contributed by atoms with van der Waals surface area (Å²) in [7, 11) is 3.33. The third-order valence-corrected chi connectivity index (χ3v) is 2.59. The van der Waals surface area contributed by atoms with Crippen molar-refractivity contribution < 1.29 is 14.6 Å². The predicted octanol–water partition coefficient (Wildman–Crippen LogP) is 0.569. The molecule has 5 heteroatoms. The Hall–Kier alpha value is 0.130. The van der Waals surface area contributed by atoms with Gasteiger partial charge < -0.3 is 14.6 Å². The lowest BCUT2D eigenvalue weighted by atomic mass is 10.2. The molecular formula is C10H22ClNO3. The Morgan fingerprint density at radius 2 is 2.00 bits per heavy atom. The van der Waals surface area contributed by atoms with Crippen molar-refractivity contribution in [2.75, 3.05) is 46.4 Å². The Morgan fingerprint density at radius 3 is 2.47 bits per heavy atom. The van der Waals surface area contributed by atoms with Crippen molar-refractivity contribution in [1.82, 2.24) is 4.90 Å². The van der Waals surface area contributed by atoms with Gasteiger partial charge in [-0.1, -0.05) is 0 Å². The van der Waals surface area contributed by atoms with Crippen LogP contribution in [0.2, 0.25) is 0 Å². The van der Waals surface area contributed by atoms with Crippen molar-refractivity contribution >= 4 is 11.6 Å². The first kappa shape index (κ1) is 15.1. The Labute approximate surface area is 97.1 Å². The lowest BCUT2D eigenvalue weighted by Crippen LogP contribution is -2.43. The van der Waals surface area contributed by atoms with Crippen LogP contribution in [0.1, 0.15) is 6.92 Å². The van der Waals surface area contributed by atoms with E-state index in [1.807, 2.05) is 0 Å². The van der Waals surface area contributed by atoms with E-state index in [0.717, 1.165) is 6.54 Å². The standard InChI is InChI=1S/C10H22ClNO3/c1-9(8-15-3)12(4-5-14-2)7-10(13)6-11/h9-10,13H,4-8H2,1-3H3. The maximum Gasteiger partial charge on any atom is 0.0802 e. The Balaban J connectivity index is 4.03. The van der Waals surface area contributed by atoms with Crippen LogP contribution >= 0.6 is 11.6 Å². The molecule has 0 fully saturated rings. The zero-order valence-electron chi connectivity index (χ0n) is 9.78. The second-order valence-electron chi connectivity index (χ2n) is 3.60. The Morgan fingerprint density at radius 1 is 1.33 bits per heavy atom. The summed E-state index contributed by atoms with van der Waals surface area (Å²) >= 11 is 5.57. The van der Waals surface area contributed by atoms with E-state index in [0.29, 0.717) is 19.8 Å². The number of methoxy groups -OCH3 is 2. The van der Waals surface area contributed by atoms with E-state index in [9.17, 15) is 5.11 Å². The fourth-order valence-electron chi connectivity index (χ4n) is 1.37. The monoisotopic (exact) mass is 239 g/mol. The van der Waals surface area contributed by atoms with E-state index in [1.54, 1.807) is 14.2 Å². The molecule has 2 unspecified atom stereocenters. The largest absolute Gasteiger partial charge is 0.391 e. The predicted molar refractivity (Wildman–Crippen MR) is 61.5 cm³/mol. The number of aliphatic hydroxyl groups is 1. The van der Waals surface area contributed by atoms with Crippen LogP contribution in [-0.2, 0) is 9.47 Å². The van der Waals surface area contributed by atoms with Gasteiger partial charge in [-0.05, 0) is 6.92 Å². The van der Waals surface area contributed by atoms with E-state index >= 15 is 0 Å². The average Bonchev–Trinajstić information content (AvgIpc) is 2.24. The number of hydrogen-bond acceptors (Lipinski definition) is 4. The molecule has 0 aromatic heterocycles. The first-order valence-electron chi connectivity index (χ1n) is 5.11. The number of rotatable bonds is 9. The van der Waals surface area contributed by atoms with Crippen LogP contribution in [0, 0.1) is 0 Å². The minimum absolute atomic E-state index is 0.253. The summed E-state index contributed by atoms with van der Waals surface area (Å²) in [5, 5.41) is 9.49. The summed E-state index contributed by atoms with van der Waals surface area (Å²) in [5.41, 5.74) is 0. The van der Waals surface area contributed by atoms with Crippen LogP contribution in [0.25, 0.3) is 0 Å². The third-order valence-electron chi connectivity index (χ3n) is 2.24. The number of ether oxygens (including phenoxy) is 2. The number of hydrogen-bond donors (Lipinski definition) is 1. The summed E-state index contributed by atoms with van der Waals surface area (Å²) in [5.74, 6) is 0.253. The van der Waals surface area contributed by atoms with Crippen LogP contribution in [0.3, 0.4) is 0 Å². The maximum absolute atomic E-state index is 9.49. The van der Waals surface area contributed by atoms with E-state index in [-0.39, 0.29) is 11.9 Å². The fourth-order valence-corrected chi connectivity index (χ4v) is 1.46. The molecule has 0 saturated carbocycles. The minimum Gasteiger partial charge on any atom is -0.391 e. The minimum atomic E-state index is -0.497. The van der Waals surface area contributed by atoms with E-state index < -0.39 is 6.10 Å². The van der Waals surface area contributed by atoms with Gasteiger partial charge in [0.2, 0.25) is 0 Å². The number of alkyl halides is 1. The molecule has 0 amide bonds. The van der Waals surface area contributed by atoms with Crippen molar-refractivity contribution in [3.8, 4) is 0 Å². The van der Waals surface area contributed by atoms with Crippen LogP contribution in [-0.4, -0.2) is 68.6 Å². The van der Waals surface area contributed by atoms with Gasteiger partial charge >= 0.3 is 0 Å². The van der Waals surface area contributed by atoms with Gasteiger partial charge in [0.05, 0.1) is 19.3 Å². The van der Waals surface area contributed by atoms with Crippen molar-refractivity contribution in [1.29, 1.82) is 0 Å². The van der Waals surface area contributed by atoms with E-state index in [2.05, 4.69) is 11.8 Å². The van der Waals surface area contributed by atoms with Gasteiger partial charge in [-0.2, -0.15) is 0 Å². The molecule has 0 bridgehead atoms. The van der Waals surface area contributed by atoms with Crippen molar-refractivity contribution in [3.63, 3.8) is 0 Å². The molecule has 0 aliphatic rings. The van der Waals surface area contributed by atoms with E-state index in [1.165, 1.54) is 0 Å². The molecular weight excluding hydrogens is 218 g/mol. The first-order valence-corrected chi connectivity index (χ1v) is 5.65. The van der Waals surface area contributed by atoms with Gasteiger partial charge in [-0.25, -0.2) is 0 Å². The molecule has 4 nitrogen and oxygen atoms in total. The summed E-state index contributed by atoms with van der Waals surface area (Å²) in [4.78, 5) is 2.11. The molecule has 0 spiro atoms. The highest BCUT2D eigenvalue weighted by Crippen LogP contribution is 2.02. The van der Waals surface area contributed by atoms with Crippen LogP contribution in [0.15, 0.2) is 0 Å². The zero-order chi connectivity index (χ0) is 11.7. The molecule has 15 heavy (non-hydrogen) atoms. The van der Waals surface area contributed by atoms with Crippen molar-refractivity contribution in [2.45, 2.75) is 19.1 Å².